The van der Waals surface area contributed by atoms with Crippen molar-refractivity contribution in [2.24, 2.45) is 20.0 Å². The Bertz CT molecular complexity index is 690. The van der Waals surface area contributed by atoms with E-state index in [2.05, 4.69) is 18.8 Å². The Kier molecular flexibility index (Phi) is 3.11. The minimum Gasteiger partial charge on any atom is -0.328 e. The van der Waals surface area contributed by atoms with Crippen LogP contribution in [-0.2, 0) is 20.6 Å². The zero-order valence-corrected chi connectivity index (χ0v) is 11.2. The Morgan fingerprint density at radius 1 is 1.28 bits per heavy atom. The van der Waals surface area contributed by atoms with E-state index in [9.17, 15) is 9.59 Å². The summed E-state index contributed by atoms with van der Waals surface area (Å²) in [5.74, 6) is 0.448. The smallest absolute Gasteiger partial charge is 0.328 e. The molecule has 98 valence electrons. The zero-order valence-electron chi connectivity index (χ0n) is 11.2. The fourth-order valence-electron chi connectivity index (χ4n) is 1.98. The number of hydrogen-bond acceptors (Lipinski definition) is 3. The summed E-state index contributed by atoms with van der Waals surface area (Å²) >= 11 is 0. The lowest BCUT2D eigenvalue weighted by Crippen LogP contribution is -2.39. The van der Waals surface area contributed by atoms with E-state index in [4.69, 9.17) is 0 Å². The van der Waals surface area contributed by atoms with Crippen molar-refractivity contribution < 1.29 is 0 Å². The van der Waals surface area contributed by atoms with Crippen molar-refractivity contribution in [2.45, 2.75) is 26.8 Å². The van der Waals surface area contributed by atoms with E-state index in [1.54, 1.807) is 25.0 Å². The Hall–Kier alpha value is -1.85. The molecular weight excluding hydrogens is 232 g/mol. The molecule has 0 aliphatic heterocycles. The molecule has 0 unspecified atom stereocenters. The molecule has 2 aromatic rings. The summed E-state index contributed by atoms with van der Waals surface area (Å²) in [4.78, 5) is 28.5. The lowest BCUT2D eigenvalue weighted by Gasteiger charge is -2.09. The number of imidazole rings is 1. The first-order chi connectivity index (χ1) is 8.43. The van der Waals surface area contributed by atoms with Crippen LogP contribution in [0.3, 0.4) is 0 Å². The molecule has 0 aromatic carbocycles. The molecule has 2 rings (SSSR count). The van der Waals surface area contributed by atoms with Gasteiger partial charge in [-0.05, 0) is 12.3 Å². The fourth-order valence-corrected chi connectivity index (χ4v) is 1.98. The summed E-state index contributed by atoms with van der Waals surface area (Å²) < 4.78 is 4.38. The van der Waals surface area contributed by atoms with Gasteiger partial charge < -0.3 is 4.57 Å². The highest BCUT2D eigenvalue weighted by Crippen LogP contribution is 2.04. The summed E-state index contributed by atoms with van der Waals surface area (Å²) in [6.07, 6.45) is 2.36. The van der Waals surface area contributed by atoms with Crippen LogP contribution in [0.2, 0.25) is 0 Å². The van der Waals surface area contributed by atoms with E-state index in [1.165, 1.54) is 9.13 Å². The van der Waals surface area contributed by atoms with Crippen molar-refractivity contribution in [3.8, 4) is 0 Å². The van der Waals surface area contributed by atoms with Crippen molar-refractivity contribution >= 4 is 11.2 Å². The topological polar surface area (TPSA) is 61.8 Å². The average molecular weight is 250 g/mol. The number of aryl methyl sites for hydroxylation is 2. The minimum absolute atomic E-state index is 0.256. The van der Waals surface area contributed by atoms with E-state index in [0.29, 0.717) is 23.6 Å². The highest BCUT2D eigenvalue weighted by Gasteiger charge is 2.14. The molecule has 0 radical (unpaired) electrons. The van der Waals surface area contributed by atoms with Crippen LogP contribution in [0.5, 0.6) is 0 Å². The van der Waals surface area contributed by atoms with Crippen LogP contribution in [0.25, 0.3) is 11.2 Å². The lowest BCUT2D eigenvalue weighted by molar-refractivity contribution is 0.488. The average Bonchev–Trinajstić information content (AvgIpc) is 2.68. The fraction of sp³-hybridized carbons (Fsp3) is 0.583. The number of fused-ring (bicyclic) bond motifs is 1. The minimum atomic E-state index is -0.299. The molecule has 0 aliphatic carbocycles. The third-order valence-electron chi connectivity index (χ3n) is 3.13. The maximum Gasteiger partial charge on any atom is 0.332 e. The van der Waals surface area contributed by atoms with Gasteiger partial charge in [0.1, 0.15) is 0 Å². The zero-order chi connectivity index (χ0) is 13.4. The summed E-state index contributed by atoms with van der Waals surface area (Å²) in [6, 6.07) is 0. The van der Waals surface area contributed by atoms with Gasteiger partial charge in [0, 0.05) is 20.6 Å². The van der Waals surface area contributed by atoms with Gasteiger partial charge in [-0.15, -0.1) is 0 Å². The predicted octanol–water partition coefficient (Wildman–Crippen LogP) is 0.480. The van der Waals surface area contributed by atoms with Gasteiger partial charge in [-0.25, -0.2) is 9.78 Å². The number of aromatic nitrogens is 4. The molecule has 18 heavy (non-hydrogen) atoms. The number of rotatable bonds is 3. The van der Waals surface area contributed by atoms with Crippen molar-refractivity contribution in [2.75, 3.05) is 0 Å². The quantitative estimate of drug-likeness (QED) is 0.796. The molecule has 0 bridgehead atoms. The van der Waals surface area contributed by atoms with Gasteiger partial charge >= 0.3 is 5.69 Å². The monoisotopic (exact) mass is 250 g/mol. The summed E-state index contributed by atoms with van der Waals surface area (Å²) in [7, 11) is 3.40. The van der Waals surface area contributed by atoms with Crippen molar-refractivity contribution in [1.82, 2.24) is 18.7 Å². The van der Waals surface area contributed by atoms with E-state index in [1.807, 2.05) is 0 Å². The van der Waals surface area contributed by atoms with Crippen LogP contribution in [0.15, 0.2) is 15.9 Å². The van der Waals surface area contributed by atoms with Crippen LogP contribution in [0.4, 0.5) is 0 Å². The van der Waals surface area contributed by atoms with Crippen molar-refractivity contribution in [1.29, 1.82) is 0 Å². The van der Waals surface area contributed by atoms with Gasteiger partial charge in [-0.3, -0.25) is 13.9 Å². The molecule has 6 heteroatoms. The number of nitrogens with zero attached hydrogens (tertiary/aromatic N) is 4. The SMILES string of the molecule is CC(C)CCn1c(=O)c2c(ncn2C)n(C)c1=O. The van der Waals surface area contributed by atoms with Gasteiger partial charge in [-0.1, -0.05) is 13.8 Å². The largest absolute Gasteiger partial charge is 0.332 e. The Morgan fingerprint density at radius 3 is 2.56 bits per heavy atom. The van der Waals surface area contributed by atoms with Crippen molar-refractivity contribution in [3.05, 3.63) is 27.2 Å². The molecular formula is C12H18N4O2. The van der Waals surface area contributed by atoms with E-state index < -0.39 is 0 Å². The third kappa shape index (κ3) is 1.87. The highest BCUT2D eigenvalue weighted by molar-refractivity contribution is 5.69. The molecule has 0 spiro atoms. The summed E-state index contributed by atoms with van der Waals surface area (Å²) in [5.41, 5.74) is 0.356. The summed E-state index contributed by atoms with van der Waals surface area (Å²) in [6.45, 7) is 4.58. The Balaban J connectivity index is 2.70. The van der Waals surface area contributed by atoms with E-state index >= 15 is 0 Å². The molecule has 2 heterocycles. The van der Waals surface area contributed by atoms with E-state index in [0.717, 1.165) is 6.42 Å². The second kappa shape index (κ2) is 4.44. The molecule has 0 N–H and O–H groups in total. The normalized spacial score (nSPS) is 11.6. The van der Waals surface area contributed by atoms with Gasteiger partial charge in [0.05, 0.1) is 6.33 Å². The second-order valence-electron chi connectivity index (χ2n) is 5.01. The first-order valence-corrected chi connectivity index (χ1v) is 6.04. The first kappa shape index (κ1) is 12.6. The predicted molar refractivity (Wildman–Crippen MR) is 69.7 cm³/mol. The molecule has 2 aromatic heterocycles. The lowest BCUT2D eigenvalue weighted by atomic mass is 10.1. The van der Waals surface area contributed by atoms with Gasteiger partial charge in [0.25, 0.3) is 5.56 Å². The van der Waals surface area contributed by atoms with Crippen LogP contribution < -0.4 is 11.2 Å². The molecule has 6 nitrogen and oxygen atoms in total. The molecule has 0 amide bonds. The van der Waals surface area contributed by atoms with Gasteiger partial charge in [0.2, 0.25) is 0 Å². The summed E-state index contributed by atoms with van der Waals surface area (Å²) in [5, 5.41) is 0. The third-order valence-corrected chi connectivity index (χ3v) is 3.13. The molecule has 0 atom stereocenters. The van der Waals surface area contributed by atoms with Gasteiger partial charge in [0.15, 0.2) is 11.2 Å². The highest BCUT2D eigenvalue weighted by atomic mass is 16.2. The maximum absolute atomic E-state index is 12.3. The van der Waals surface area contributed by atoms with E-state index in [-0.39, 0.29) is 11.2 Å². The van der Waals surface area contributed by atoms with Crippen molar-refractivity contribution in [3.63, 3.8) is 0 Å². The standard InChI is InChI=1S/C12H18N4O2/c1-8(2)5-6-16-11(17)9-10(13-7-14(9)3)15(4)12(16)18/h7-8H,5-6H2,1-4H3. The second-order valence-corrected chi connectivity index (χ2v) is 5.01. The maximum atomic E-state index is 12.3. The first-order valence-electron chi connectivity index (χ1n) is 6.04. The molecule has 0 saturated heterocycles. The number of hydrogen-bond donors (Lipinski definition) is 0. The van der Waals surface area contributed by atoms with Crippen LogP contribution in [-0.4, -0.2) is 18.7 Å². The van der Waals surface area contributed by atoms with Crippen LogP contribution >= 0.6 is 0 Å². The molecule has 0 fully saturated rings. The van der Waals surface area contributed by atoms with Crippen LogP contribution in [0.1, 0.15) is 20.3 Å². The van der Waals surface area contributed by atoms with Gasteiger partial charge in [-0.2, -0.15) is 0 Å². The molecule has 0 saturated carbocycles. The molecule has 0 aliphatic rings. The Morgan fingerprint density at radius 2 is 1.94 bits per heavy atom. The van der Waals surface area contributed by atoms with Crippen LogP contribution in [0, 0.1) is 5.92 Å². The Labute approximate surface area is 104 Å².